The fraction of sp³-hybridized carbons (Fsp3) is 0.929. The Labute approximate surface area is 110 Å². The van der Waals surface area contributed by atoms with Crippen molar-refractivity contribution < 1.29 is 4.74 Å². The Morgan fingerprint density at radius 3 is 2.94 bits per heavy atom. The Hall–Kier alpha value is -0.630. The van der Waals surface area contributed by atoms with E-state index in [4.69, 9.17) is 10.5 Å². The SMILES string of the molecule is CN(CCC1CCCC1(N)C#N)CC1CCCO1. The van der Waals surface area contributed by atoms with Gasteiger partial charge in [-0.1, -0.05) is 6.42 Å². The summed E-state index contributed by atoms with van der Waals surface area (Å²) in [6.45, 7) is 2.95. The number of hydrogen-bond donors (Lipinski definition) is 1. The van der Waals surface area contributed by atoms with E-state index in [1.165, 1.54) is 12.8 Å². The van der Waals surface area contributed by atoms with Gasteiger partial charge in [-0.15, -0.1) is 0 Å². The van der Waals surface area contributed by atoms with Gasteiger partial charge in [-0.2, -0.15) is 5.26 Å². The van der Waals surface area contributed by atoms with E-state index >= 15 is 0 Å². The van der Waals surface area contributed by atoms with Gasteiger partial charge < -0.3 is 15.4 Å². The topological polar surface area (TPSA) is 62.3 Å². The number of rotatable bonds is 5. The van der Waals surface area contributed by atoms with Gasteiger partial charge in [0, 0.05) is 13.2 Å². The second kappa shape index (κ2) is 6.01. The largest absolute Gasteiger partial charge is 0.377 e. The van der Waals surface area contributed by atoms with Gasteiger partial charge in [0.25, 0.3) is 0 Å². The normalized spacial score (nSPS) is 36.1. The fourth-order valence-corrected chi connectivity index (χ4v) is 3.26. The van der Waals surface area contributed by atoms with Gasteiger partial charge >= 0.3 is 0 Å². The molecule has 0 aromatic carbocycles. The first-order valence-corrected chi connectivity index (χ1v) is 7.14. The lowest BCUT2D eigenvalue weighted by atomic mass is 9.87. The first-order chi connectivity index (χ1) is 8.64. The molecule has 2 fully saturated rings. The predicted molar refractivity (Wildman–Crippen MR) is 71.0 cm³/mol. The zero-order valence-electron chi connectivity index (χ0n) is 11.4. The number of nitrogens with zero attached hydrogens (tertiary/aromatic N) is 2. The van der Waals surface area contributed by atoms with Crippen molar-refractivity contribution in [1.29, 1.82) is 5.26 Å². The van der Waals surface area contributed by atoms with Crippen molar-refractivity contribution in [2.24, 2.45) is 11.7 Å². The Morgan fingerprint density at radius 1 is 1.44 bits per heavy atom. The first-order valence-electron chi connectivity index (χ1n) is 7.14. The summed E-state index contributed by atoms with van der Waals surface area (Å²) in [5, 5.41) is 9.18. The molecule has 2 N–H and O–H groups in total. The van der Waals surface area contributed by atoms with E-state index < -0.39 is 5.54 Å². The van der Waals surface area contributed by atoms with Crippen LogP contribution >= 0.6 is 0 Å². The highest BCUT2D eigenvalue weighted by Gasteiger charge is 2.39. The summed E-state index contributed by atoms with van der Waals surface area (Å²) in [5.41, 5.74) is 5.58. The van der Waals surface area contributed by atoms with E-state index in [2.05, 4.69) is 18.0 Å². The molecule has 2 aliphatic rings. The van der Waals surface area contributed by atoms with Gasteiger partial charge in [0.15, 0.2) is 0 Å². The fourth-order valence-electron chi connectivity index (χ4n) is 3.26. The van der Waals surface area contributed by atoms with Gasteiger partial charge in [-0.05, 0) is 51.6 Å². The van der Waals surface area contributed by atoms with Crippen molar-refractivity contribution >= 4 is 0 Å². The molecule has 18 heavy (non-hydrogen) atoms. The van der Waals surface area contributed by atoms with Crippen molar-refractivity contribution in [3.63, 3.8) is 0 Å². The molecule has 3 unspecified atom stereocenters. The van der Waals surface area contributed by atoms with Crippen molar-refractivity contribution in [3.8, 4) is 6.07 Å². The molecular weight excluding hydrogens is 226 g/mol. The molecule has 1 saturated carbocycles. The van der Waals surface area contributed by atoms with E-state index in [-0.39, 0.29) is 0 Å². The zero-order chi connectivity index (χ0) is 13.0. The highest BCUT2D eigenvalue weighted by molar-refractivity contribution is 5.11. The van der Waals surface area contributed by atoms with Gasteiger partial charge in [0.2, 0.25) is 0 Å². The van der Waals surface area contributed by atoms with E-state index in [1.54, 1.807) is 0 Å². The van der Waals surface area contributed by atoms with Crippen LogP contribution in [0.15, 0.2) is 0 Å². The number of hydrogen-bond acceptors (Lipinski definition) is 4. The van der Waals surface area contributed by atoms with Crippen LogP contribution < -0.4 is 5.73 Å². The van der Waals surface area contributed by atoms with Crippen LogP contribution in [0.1, 0.15) is 38.5 Å². The summed E-state index contributed by atoms with van der Waals surface area (Å²) in [4.78, 5) is 2.33. The maximum absolute atomic E-state index is 9.18. The molecule has 3 atom stereocenters. The molecule has 0 spiro atoms. The van der Waals surface area contributed by atoms with E-state index in [0.717, 1.165) is 45.4 Å². The highest BCUT2D eigenvalue weighted by Crippen LogP contribution is 2.35. The Bertz CT molecular complexity index is 309. The zero-order valence-corrected chi connectivity index (χ0v) is 11.4. The van der Waals surface area contributed by atoms with E-state index in [0.29, 0.717) is 12.0 Å². The molecule has 0 bridgehead atoms. The molecule has 2 rings (SSSR count). The lowest BCUT2D eigenvalue weighted by molar-refractivity contribution is 0.0790. The summed E-state index contributed by atoms with van der Waals surface area (Å²) in [6, 6.07) is 2.32. The molecule has 0 aromatic rings. The van der Waals surface area contributed by atoms with Crippen molar-refractivity contribution in [2.75, 3.05) is 26.7 Å². The molecule has 4 nitrogen and oxygen atoms in total. The van der Waals surface area contributed by atoms with Crippen molar-refractivity contribution in [2.45, 2.75) is 50.2 Å². The third-order valence-corrected chi connectivity index (χ3v) is 4.48. The smallest absolute Gasteiger partial charge is 0.107 e. The third kappa shape index (κ3) is 3.23. The van der Waals surface area contributed by atoms with Crippen molar-refractivity contribution in [3.05, 3.63) is 0 Å². The summed E-state index contributed by atoms with van der Waals surface area (Å²) >= 11 is 0. The molecule has 102 valence electrons. The van der Waals surface area contributed by atoms with Crippen LogP contribution in [0, 0.1) is 17.2 Å². The van der Waals surface area contributed by atoms with Gasteiger partial charge in [-0.3, -0.25) is 0 Å². The molecular formula is C14H25N3O. The quantitative estimate of drug-likeness (QED) is 0.804. The Morgan fingerprint density at radius 2 is 2.28 bits per heavy atom. The van der Waals surface area contributed by atoms with E-state index in [1.807, 2.05) is 0 Å². The molecule has 0 aromatic heterocycles. The van der Waals surface area contributed by atoms with Crippen LogP contribution in [-0.4, -0.2) is 43.3 Å². The maximum atomic E-state index is 9.18. The van der Waals surface area contributed by atoms with E-state index in [9.17, 15) is 5.26 Å². The molecule has 0 amide bonds. The Kier molecular flexibility index (Phi) is 4.60. The lowest BCUT2D eigenvalue weighted by Gasteiger charge is -2.27. The standard InChI is InChI=1S/C14H25N3O/c1-17(10-13-5-3-9-18-13)8-6-12-4-2-7-14(12,16)11-15/h12-13H,2-10,16H2,1H3. The van der Waals surface area contributed by atoms with Crippen LogP contribution in [0.3, 0.4) is 0 Å². The number of ether oxygens (including phenoxy) is 1. The molecule has 1 aliphatic carbocycles. The average Bonchev–Trinajstić information content (AvgIpc) is 2.97. The second-order valence-corrected chi connectivity index (χ2v) is 5.93. The van der Waals surface area contributed by atoms with Crippen LogP contribution in [0.2, 0.25) is 0 Å². The lowest BCUT2D eigenvalue weighted by Crippen LogP contribution is -2.43. The highest BCUT2D eigenvalue weighted by atomic mass is 16.5. The Balaban J connectivity index is 1.72. The monoisotopic (exact) mass is 251 g/mol. The molecule has 4 heteroatoms. The minimum absolute atomic E-state index is 0.370. The summed E-state index contributed by atoms with van der Waals surface area (Å²) in [7, 11) is 2.14. The first kappa shape index (κ1) is 13.8. The summed E-state index contributed by atoms with van der Waals surface area (Å²) in [5.74, 6) is 0.370. The van der Waals surface area contributed by atoms with Crippen LogP contribution in [-0.2, 0) is 4.74 Å². The minimum Gasteiger partial charge on any atom is -0.377 e. The van der Waals surface area contributed by atoms with Crippen LogP contribution in [0.5, 0.6) is 0 Å². The summed E-state index contributed by atoms with van der Waals surface area (Å²) in [6.07, 6.45) is 6.91. The van der Waals surface area contributed by atoms with Gasteiger partial charge in [-0.25, -0.2) is 0 Å². The number of nitriles is 1. The van der Waals surface area contributed by atoms with Gasteiger partial charge in [0.1, 0.15) is 5.54 Å². The molecule has 1 saturated heterocycles. The molecule has 1 aliphatic heterocycles. The van der Waals surface area contributed by atoms with Crippen LogP contribution in [0.25, 0.3) is 0 Å². The second-order valence-electron chi connectivity index (χ2n) is 5.93. The van der Waals surface area contributed by atoms with Gasteiger partial charge in [0.05, 0.1) is 12.2 Å². The average molecular weight is 251 g/mol. The molecule has 1 heterocycles. The third-order valence-electron chi connectivity index (χ3n) is 4.48. The maximum Gasteiger partial charge on any atom is 0.107 e. The molecule has 0 radical (unpaired) electrons. The predicted octanol–water partition coefficient (Wildman–Crippen LogP) is 1.51. The van der Waals surface area contributed by atoms with Crippen LogP contribution in [0.4, 0.5) is 0 Å². The minimum atomic E-state index is -0.565. The summed E-state index contributed by atoms with van der Waals surface area (Å²) < 4.78 is 5.64. The number of likely N-dealkylation sites (N-methyl/N-ethyl adjacent to an activating group) is 1. The number of nitrogens with two attached hydrogens (primary N) is 1. The van der Waals surface area contributed by atoms with Crippen molar-refractivity contribution in [1.82, 2.24) is 4.90 Å².